The Kier molecular flexibility index (Phi) is 5.80. The summed E-state index contributed by atoms with van der Waals surface area (Å²) in [4.78, 5) is 40.1. The SMILES string of the molecule is CCCCn1c(N)c(N(C)C(=O)Cc2ccc(C)cc2)c(=O)[nH]c1=O. The molecular weight excluding hydrogens is 320 g/mol. The molecule has 1 aromatic carbocycles. The smallest absolute Gasteiger partial charge is 0.330 e. The molecule has 0 atom stereocenters. The zero-order valence-corrected chi connectivity index (χ0v) is 14.8. The van der Waals surface area contributed by atoms with Crippen LogP contribution in [0.2, 0.25) is 0 Å². The Labute approximate surface area is 146 Å². The second kappa shape index (κ2) is 7.83. The first-order valence-corrected chi connectivity index (χ1v) is 8.29. The molecule has 2 rings (SSSR count). The molecule has 0 radical (unpaired) electrons. The summed E-state index contributed by atoms with van der Waals surface area (Å²) in [5.41, 5.74) is 6.77. The minimum absolute atomic E-state index is 0.00724. The molecule has 0 aliphatic heterocycles. The Balaban J connectivity index is 2.32. The maximum Gasteiger partial charge on any atom is 0.330 e. The van der Waals surface area contributed by atoms with Crippen LogP contribution in [-0.4, -0.2) is 22.5 Å². The van der Waals surface area contributed by atoms with Gasteiger partial charge in [0.2, 0.25) is 5.91 Å². The van der Waals surface area contributed by atoms with E-state index in [2.05, 4.69) is 4.98 Å². The lowest BCUT2D eigenvalue weighted by Crippen LogP contribution is -2.39. The van der Waals surface area contributed by atoms with E-state index in [9.17, 15) is 14.4 Å². The number of carbonyl (C=O) groups excluding carboxylic acids is 1. The number of unbranched alkanes of at least 4 members (excludes halogenated alkanes) is 1. The van der Waals surface area contributed by atoms with E-state index in [1.807, 2.05) is 38.1 Å². The number of likely N-dealkylation sites (N-methyl/N-ethyl adjacent to an activating group) is 1. The zero-order chi connectivity index (χ0) is 18.6. The maximum absolute atomic E-state index is 12.5. The number of nitrogens with zero attached hydrogens (tertiary/aromatic N) is 2. The monoisotopic (exact) mass is 344 g/mol. The number of nitrogens with two attached hydrogens (primary N) is 1. The molecule has 0 saturated heterocycles. The Bertz CT molecular complexity index is 865. The van der Waals surface area contributed by atoms with Crippen molar-refractivity contribution in [2.24, 2.45) is 0 Å². The van der Waals surface area contributed by atoms with Crippen molar-refractivity contribution in [3.63, 3.8) is 0 Å². The number of hydrogen-bond donors (Lipinski definition) is 2. The molecule has 0 saturated carbocycles. The summed E-state index contributed by atoms with van der Waals surface area (Å²) in [5.74, 6) is -0.260. The van der Waals surface area contributed by atoms with Crippen LogP contribution in [0.1, 0.15) is 30.9 Å². The van der Waals surface area contributed by atoms with Gasteiger partial charge in [0, 0.05) is 13.6 Å². The number of hydrogen-bond acceptors (Lipinski definition) is 4. The second-order valence-corrected chi connectivity index (χ2v) is 6.11. The number of aromatic nitrogens is 2. The van der Waals surface area contributed by atoms with Gasteiger partial charge in [0.1, 0.15) is 5.82 Å². The topological polar surface area (TPSA) is 101 Å². The number of amides is 1. The quantitative estimate of drug-likeness (QED) is 0.828. The van der Waals surface area contributed by atoms with Crippen LogP contribution in [0.25, 0.3) is 0 Å². The Morgan fingerprint density at radius 2 is 1.88 bits per heavy atom. The minimum atomic E-state index is -0.657. The van der Waals surface area contributed by atoms with Gasteiger partial charge in [-0.3, -0.25) is 19.1 Å². The molecule has 0 fully saturated rings. The number of nitrogens with one attached hydrogen (secondary N) is 1. The first-order chi connectivity index (χ1) is 11.8. The molecule has 3 N–H and O–H groups in total. The molecule has 0 aliphatic rings. The summed E-state index contributed by atoms with van der Waals surface area (Å²) in [5, 5.41) is 0. The highest BCUT2D eigenvalue weighted by atomic mass is 16.2. The van der Waals surface area contributed by atoms with E-state index in [0.29, 0.717) is 6.54 Å². The van der Waals surface area contributed by atoms with Crippen LogP contribution in [-0.2, 0) is 17.8 Å². The molecule has 134 valence electrons. The lowest BCUT2D eigenvalue weighted by atomic mass is 10.1. The number of carbonyl (C=O) groups is 1. The first-order valence-electron chi connectivity index (χ1n) is 8.29. The number of anilines is 2. The predicted molar refractivity (Wildman–Crippen MR) is 98.9 cm³/mol. The maximum atomic E-state index is 12.5. The van der Waals surface area contributed by atoms with Crippen molar-refractivity contribution in [2.45, 2.75) is 39.7 Å². The normalized spacial score (nSPS) is 10.7. The van der Waals surface area contributed by atoms with Gasteiger partial charge in [0.25, 0.3) is 5.56 Å². The first kappa shape index (κ1) is 18.5. The molecule has 7 nitrogen and oxygen atoms in total. The van der Waals surface area contributed by atoms with Crippen molar-refractivity contribution >= 4 is 17.4 Å². The third-order valence-corrected chi connectivity index (χ3v) is 4.13. The molecule has 0 spiro atoms. The van der Waals surface area contributed by atoms with Crippen molar-refractivity contribution in [1.82, 2.24) is 9.55 Å². The highest BCUT2D eigenvalue weighted by Gasteiger charge is 2.20. The Morgan fingerprint density at radius 1 is 1.24 bits per heavy atom. The van der Waals surface area contributed by atoms with Crippen molar-refractivity contribution < 1.29 is 4.79 Å². The number of H-pyrrole nitrogens is 1. The van der Waals surface area contributed by atoms with Gasteiger partial charge >= 0.3 is 5.69 Å². The van der Waals surface area contributed by atoms with Crippen LogP contribution in [0.5, 0.6) is 0 Å². The van der Waals surface area contributed by atoms with Crippen molar-refractivity contribution in [3.05, 3.63) is 56.2 Å². The molecule has 1 amide bonds. The summed E-state index contributed by atoms with van der Waals surface area (Å²) in [7, 11) is 1.49. The van der Waals surface area contributed by atoms with E-state index in [1.165, 1.54) is 16.5 Å². The average molecular weight is 344 g/mol. The second-order valence-electron chi connectivity index (χ2n) is 6.11. The fourth-order valence-corrected chi connectivity index (χ4v) is 2.56. The van der Waals surface area contributed by atoms with Crippen molar-refractivity contribution in [2.75, 3.05) is 17.7 Å². The third kappa shape index (κ3) is 4.17. The molecule has 0 unspecified atom stereocenters. The largest absolute Gasteiger partial charge is 0.383 e. The predicted octanol–water partition coefficient (Wildman–Crippen LogP) is 1.43. The summed E-state index contributed by atoms with van der Waals surface area (Å²) in [6, 6.07) is 7.59. The lowest BCUT2D eigenvalue weighted by Gasteiger charge is -2.20. The summed E-state index contributed by atoms with van der Waals surface area (Å²) < 4.78 is 1.30. The van der Waals surface area contributed by atoms with Crippen LogP contribution in [0.3, 0.4) is 0 Å². The number of benzene rings is 1. The van der Waals surface area contributed by atoms with E-state index in [4.69, 9.17) is 5.73 Å². The van der Waals surface area contributed by atoms with Gasteiger partial charge in [0.05, 0.1) is 6.42 Å². The summed E-state index contributed by atoms with van der Waals surface area (Å²) >= 11 is 0. The fourth-order valence-electron chi connectivity index (χ4n) is 2.56. The molecule has 0 aliphatic carbocycles. The molecule has 1 aromatic heterocycles. The zero-order valence-electron chi connectivity index (χ0n) is 14.8. The van der Waals surface area contributed by atoms with Gasteiger partial charge in [-0.15, -0.1) is 0 Å². The van der Waals surface area contributed by atoms with Gasteiger partial charge in [-0.2, -0.15) is 0 Å². The van der Waals surface area contributed by atoms with Crippen LogP contribution in [0.4, 0.5) is 11.5 Å². The number of aromatic amines is 1. The van der Waals surface area contributed by atoms with Crippen LogP contribution < -0.4 is 21.9 Å². The number of nitrogen functional groups attached to an aromatic ring is 1. The van der Waals surface area contributed by atoms with E-state index in [-0.39, 0.29) is 23.8 Å². The van der Waals surface area contributed by atoms with Gasteiger partial charge in [-0.25, -0.2) is 4.79 Å². The van der Waals surface area contributed by atoms with Crippen molar-refractivity contribution in [1.29, 1.82) is 0 Å². The van der Waals surface area contributed by atoms with Gasteiger partial charge < -0.3 is 10.6 Å². The molecule has 7 heteroatoms. The van der Waals surface area contributed by atoms with E-state index in [1.54, 1.807) is 0 Å². The average Bonchev–Trinajstić information content (AvgIpc) is 2.56. The van der Waals surface area contributed by atoms with Gasteiger partial charge in [-0.05, 0) is 18.9 Å². The Hall–Kier alpha value is -2.83. The Morgan fingerprint density at radius 3 is 2.48 bits per heavy atom. The highest BCUT2D eigenvalue weighted by Crippen LogP contribution is 2.17. The molecule has 2 aromatic rings. The molecule has 1 heterocycles. The standard InChI is InChI=1S/C18H24N4O3/c1-4-5-10-22-16(19)15(17(24)20-18(22)25)21(3)14(23)11-13-8-6-12(2)7-9-13/h6-9H,4-5,10-11,19H2,1-3H3,(H,20,24,25). The van der Waals surface area contributed by atoms with Crippen LogP contribution >= 0.6 is 0 Å². The lowest BCUT2D eigenvalue weighted by molar-refractivity contribution is -0.117. The fraction of sp³-hybridized carbons (Fsp3) is 0.389. The van der Waals surface area contributed by atoms with Crippen molar-refractivity contribution in [3.8, 4) is 0 Å². The number of aryl methyl sites for hydroxylation is 1. The molecular formula is C18H24N4O3. The highest BCUT2D eigenvalue weighted by molar-refractivity contribution is 5.96. The van der Waals surface area contributed by atoms with Crippen LogP contribution in [0.15, 0.2) is 33.9 Å². The van der Waals surface area contributed by atoms with E-state index >= 15 is 0 Å². The van der Waals surface area contributed by atoms with Gasteiger partial charge in [-0.1, -0.05) is 43.2 Å². The van der Waals surface area contributed by atoms with E-state index < -0.39 is 11.2 Å². The number of rotatable bonds is 6. The molecule has 25 heavy (non-hydrogen) atoms. The van der Waals surface area contributed by atoms with Gasteiger partial charge in [0.15, 0.2) is 5.69 Å². The van der Waals surface area contributed by atoms with E-state index in [0.717, 1.165) is 24.0 Å². The van der Waals surface area contributed by atoms with Crippen LogP contribution in [0, 0.1) is 6.92 Å². The molecule has 0 bridgehead atoms. The minimum Gasteiger partial charge on any atom is -0.383 e. The summed E-state index contributed by atoms with van der Waals surface area (Å²) in [6.07, 6.45) is 1.77. The third-order valence-electron chi connectivity index (χ3n) is 4.13. The summed E-state index contributed by atoms with van der Waals surface area (Å²) in [6.45, 7) is 4.35.